The predicted molar refractivity (Wildman–Crippen MR) is 118 cm³/mol. The van der Waals surface area contributed by atoms with E-state index in [2.05, 4.69) is 55.5 Å². The van der Waals surface area contributed by atoms with Gasteiger partial charge < -0.3 is 9.47 Å². The molecule has 7 heteroatoms. The van der Waals surface area contributed by atoms with E-state index in [0.29, 0.717) is 17.6 Å². The third-order valence-corrected chi connectivity index (χ3v) is 6.99. The van der Waals surface area contributed by atoms with Crippen molar-refractivity contribution in [2.75, 3.05) is 24.6 Å². The highest BCUT2D eigenvalue weighted by molar-refractivity contribution is 8.00. The zero-order valence-electron chi connectivity index (χ0n) is 17.1. The molecule has 1 aliphatic heterocycles. The highest BCUT2D eigenvalue weighted by atomic mass is 32.2. The molecule has 28 heavy (non-hydrogen) atoms. The van der Waals surface area contributed by atoms with Crippen LogP contribution in [0.3, 0.4) is 0 Å². The van der Waals surface area contributed by atoms with Gasteiger partial charge in [0, 0.05) is 19.6 Å². The molecule has 1 fully saturated rings. The molecule has 152 valence electrons. The van der Waals surface area contributed by atoms with Gasteiger partial charge in [-0.05, 0) is 49.8 Å². The van der Waals surface area contributed by atoms with Gasteiger partial charge in [0.05, 0.1) is 21.7 Å². The number of carbonyl (C=O) groups excluding carboxylic acids is 2. The van der Waals surface area contributed by atoms with Gasteiger partial charge in [-0.1, -0.05) is 31.3 Å². The third-order valence-electron chi connectivity index (χ3n) is 5.05. The Hall–Kier alpha value is -1.60. The largest absolute Gasteiger partial charge is 0.341 e. The van der Waals surface area contributed by atoms with Gasteiger partial charge in [-0.15, -0.1) is 11.8 Å². The van der Waals surface area contributed by atoms with Gasteiger partial charge >= 0.3 is 0 Å². The van der Waals surface area contributed by atoms with E-state index in [9.17, 15) is 9.59 Å². The fourth-order valence-corrected chi connectivity index (χ4v) is 5.80. The molecule has 0 radical (unpaired) electrons. The number of hydrogen-bond donors (Lipinski definition) is 0. The maximum absolute atomic E-state index is 12.4. The van der Waals surface area contributed by atoms with Crippen LogP contribution in [0, 0.1) is 18.8 Å². The number of benzene rings is 1. The van der Waals surface area contributed by atoms with Crippen LogP contribution in [0.25, 0.3) is 10.2 Å². The minimum absolute atomic E-state index is 0.136. The number of piperidine rings is 1. The lowest BCUT2D eigenvalue weighted by atomic mass is 9.92. The van der Waals surface area contributed by atoms with Crippen LogP contribution in [-0.4, -0.2) is 45.9 Å². The van der Waals surface area contributed by atoms with E-state index >= 15 is 0 Å². The summed E-state index contributed by atoms with van der Waals surface area (Å²) >= 11 is 2.91. The van der Waals surface area contributed by atoms with Crippen molar-refractivity contribution in [2.45, 2.75) is 40.7 Å². The number of thioether (sulfide) groups is 1. The van der Waals surface area contributed by atoms with E-state index in [4.69, 9.17) is 0 Å². The van der Waals surface area contributed by atoms with Crippen molar-refractivity contribution in [3.05, 3.63) is 28.6 Å². The summed E-state index contributed by atoms with van der Waals surface area (Å²) < 4.78 is 3.22. The standard InChI is InChI=1S/C21H29N3O2S2/c1-5-24-17-7-6-14(2)9-18(17)28-21(24)22-19(25)12-27-13-20(26)23-10-15(3)8-16(4)11-23/h6-7,9,15-16H,5,8,10-13H2,1-4H3. The van der Waals surface area contributed by atoms with Gasteiger partial charge in [-0.3, -0.25) is 9.59 Å². The van der Waals surface area contributed by atoms with Crippen molar-refractivity contribution < 1.29 is 9.59 Å². The minimum atomic E-state index is -0.177. The predicted octanol–water partition coefficient (Wildman–Crippen LogP) is 3.70. The zero-order valence-corrected chi connectivity index (χ0v) is 18.7. The number of likely N-dealkylation sites (tertiary alicyclic amines) is 1. The molecule has 5 nitrogen and oxygen atoms in total. The molecule has 2 unspecified atom stereocenters. The van der Waals surface area contributed by atoms with Crippen LogP contribution in [-0.2, 0) is 16.1 Å². The van der Waals surface area contributed by atoms with E-state index in [1.165, 1.54) is 23.7 Å². The Morgan fingerprint density at radius 2 is 1.93 bits per heavy atom. The Morgan fingerprint density at radius 1 is 1.21 bits per heavy atom. The number of rotatable bonds is 5. The fourth-order valence-electron chi connectivity index (χ4n) is 3.89. The van der Waals surface area contributed by atoms with Gasteiger partial charge in [0.2, 0.25) is 5.91 Å². The average molecular weight is 420 g/mol. The van der Waals surface area contributed by atoms with Gasteiger partial charge in [0.25, 0.3) is 5.91 Å². The van der Waals surface area contributed by atoms with E-state index in [0.717, 1.165) is 34.7 Å². The van der Waals surface area contributed by atoms with Crippen LogP contribution in [0.2, 0.25) is 0 Å². The first-order valence-electron chi connectivity index (χ1n) is 9.90. The Kier molecular flexibility index (Phi) is 6.99. The molecule has 3 rings (SSSR count). The van der Waals surface area contributed by atoms with Crippen LogP contribution in [0.4, 0.5) is 0 Å². The van der Waals surface area contributed by atoms with E-state index in [-0.39, 0.29) is 17.6 Å². The topological polar surface area (TPSA) is 54.7 Å². The quantitative estimate of drug-likeness (QED) is 0.743. The van der Waals surface area contributed by atoms with Crippen molar-refractivity contribution in [1.29, 1.82) is 0 Å². The molecule has 1 aromatic carbocycles. The lowest BCUT2D eigenvalue weighted by Crippen LogP contribution is -2.43. The molecule has 0 bridgehead atoms. The first kappa shape index (κ1) is 21.1. The monoisotopic (exact) mass is 419 g/mol. The highest BCUT2D eigenvalue weighted by Gasteiger charge is 2.25. The van der Waals surface area contributed by atoms with Crippen LogP contribution in [0.5, 0.6) is 0 Å². The number of fused-ring (bicyclic) bond motifs is 1. The molecule has 2 atom stereocenters. The van der Waals surface area contributed by atoms with E-state index in [1.54, 1.807) is 11.3 Å². The number of hydrogen-bond acceptors (Lipinski definition) is 4. The molecule has 1 saturated heterocycles. The van der Waals surface area contributed by atoms with Crippen LogP contribution >= 0.6 is 23.1 Å². The second-order valence-corrected chi connectivity index (χ2v) is 9.84. The summed E-state index contributed by atoms with van der Waals surface area (Å²) in [6.07, 6.45) is 1.18. The van der Waals surface area contributed by atoms with Crippen molar-refractivity contribution in [2.24, 2.45) is 16.8 Å². The second-order valence-electron chi connectivity index (χ2n) is 7.84. The van der Waals surface area contributed by atoms with E-state index in [1.807, 2.05) is 4.90 Å². The molecule has 0 saturated carbocycles. The number of amides is 2. The highest BCUT2D eigenvalue weighted by Crippen LogP contribution is 2.22. The average Bonchev–Trinajstić information content (AvgIpc) is 2.96. The minimum Gasteiger partial charge on any atom is -0.341 e. The Balaban J connectivity index is 1.61. The number of aryl methyl sites for hydroxylation is 2. The maximum atomic E-state index is 12.4. The maximum Gasteiger partial charge on any atom is 0.258 e. The van der Waals surface area contributed by atoms with Crippen LogP contribution in [0.15, 0.2) is 23.2 Å². The van der Waals surface area contributed by atoms with Gasteiger partial charge in [0.1, 0.15) is 0 Å². The Bertz CT molecular complexity index is 921. The van der Waals surface area contributed by atoms with Crippen LogP contribution < -0.4 is 4.80 Å². The zero-order chi connectivity index (χ0) is 20.3. The normalized spacial score (nSPS) is 20.7. The Labute approximate surface area is 174 Å². The molecular formula is C21H29N3O2S2. The van der Waals surface area contributed by atoms with Crippen LogP contribution in [0.1, 0.15) is 32.8 Å². The van der Waals surface area contributed by atoms with Crippen molar-refractivity contribution in [3.63, 3.8) is 0 Å². The summed E-state index contributed by atoms with van der Waals surface area (Å²) in [6, 6.07) is 6.29. The fraction of sp³-hybridized carbons (Fsp3) is 0.571. The molecule has 2 heterocycles. The molecule has 2 aromatic rings. The van der Waals surface area contributed by atoms with E-state index < -0.39 is 0 Å². The van der Waals surface area contributed by atoms with Gasteiger partial charge in [0.15, 0.2) is 4.80 Å². The smallest absolute Gasteiger partial charge is 0.258 e. The summed E-state index contributed by atoms with van der Waals surface area (Å²) in [5.74, 6) is 1.65. The number of nitrogens with zero attached hydrogens (tertiary/aromatic N) is 3. The molecule has 0 aliphatic carbocycles. The van der Waals surface area contributed by atoms with Crippen molar-refractivity contribution in [1.82, 2.24) is 9.47 Å². The first-order chi connectivity index (χ1) is 13.4. The first-order valence-corrected chi connectivity index (χ1v) is 11.9. The van der Waals surface area contributed by atoms with Gasteiger partial charge in [-0.25, -0.2) is 0 Å². The molecule has 0 spiro atoms. The lowest BCUT2D eigenvalue weighted by Gasteiger charge is -2.35. The molecular weight excluding hydrogens is 390 g/mol. The summed E-state index contributed by atoms with van der Waals surface area (Å²) in [5.41, 5.74) is 2.31. The second kappa shape index (κ2) is 9.27. The van der Waals surface area contributed by atoms with Gasteiger partial charge in [-0.2, -0.15) is 4.99 Å². The van der Waals surface area contributed by atoms with Crippen molar-refractivity contribution >= 4 is 45.1 Å². The summed E-state index contributed by atoms with van der Waals surface area (Å²) in [7, 11) is 0. The lowest BCUT2D eigenvalue weighted by molar-refractivity contribution is -0.130. The number of carbonyl (C=O) groups is 2. The number of thiazole rings is 1. The molecule has 1 aliphatic rings. The Morgan fingerprint density at radius 3 is 2.61 bits per heavy atom. The third kappa shape index (κ3) is 5.06. The molecule has 1 aromatic heterocycles. The molecule has 2 amide bonds. The SMILES string of the molecule is CCn1c(=NC(=O)CSCC(=O)N2CC(C)CC(C)C2)sc2cc(C)ccc21. The number of aromatic nitrogens is 1. The summed E-state index contributed by atoms with van der Waals surface area (Å²) in [5, 5.41) is 0. The summed E-state index contributed by atoms with van der Waals surface area (Å²) in [6.45, 7) is 11.0. The van der Waals surface area contributed by atoms with Crippen molar-refractivity contribution in [3.8, 4) is 0 Å². The molecule has 0 N–H and O–H groups in total. The summed E-state index contributed by atoms with van der Waals surface area (Å²) in [4.78, 5) is 31.8.